The first-order valence-electron chi connectivity index (χ1n) is 6.85. The summed E-state index contributed by atoms with van der Waals surface area (Å²) in [6.07, 6.45) is 0. The van der Waals surface area contributed by atoms with Gasteiger partial charge in [-0.05, 0) is 32.5 Å². The van der Waals surface area contributed by atoms with Gasteiger partial charge in [0, 0.05) is 25.7 Å². The smallest absolute Gasteiger partial charge is 0.311 e. The molecule has 1 N–H and O–H groups in total. The summed E-state index contributed by atoms with van der Waals surface area (Å²) in [5, 5.41) is 14.0. The Morgan fingerprint density at radius 2 is 2.05 bits per heavy atom. The van der Waals surface area contributed by atoms with E-state index in [4.69, 9.17) is 4.74 Å². The zero-order chi connectivity index (χ0) is 15.8. The summed E-state index contributed by atoms with van der Waals surface area (Å²) < 4.78 is 5.32. The number of nitro groups is 1. The van der Waals surface area contributed by atoms with Crippen LogP contribution in [0.4, 0.5) is 5.69 Å². The van der Waals surface area contributed by atoms with E-state index in [2.05, 4.69) is 5.32 Å². The van der Waals surface area contributed by atoms with Gasteiger partial charge < -0.3 is 15.0 Å². The van der Waals surface area contributed by atoms with E-state index in [1.54, 1.807) is 18.0 Å². The molecule has 0 aliphatic carbocycles. The van der Waals surface area contributed by atoms with Crippen molar-refractivity contribution in [1.82, 2.24) is 10.2 Å². The molecule has 0 saturated carbocycles. The van der Waals surface area contributed by atoms with Gasteiger partial charge in [0.15, 0.2) is 12.4 Å². The predicted octanol–water partition coefficient (Wildman–Crippen LogP) is 1.56. The van der Waals surface area contributed by atoms with Gasteiger partial charge in [0.2, 0.25) is 0 Å². The normalized spacial score (nSPS) is 10.2. The van der Waals surface area contributed by atoms with E-state index in [0.29, 0.717) is 19.6 Å². The number of benzene rings is 1. The molecule has 1 aromatic rings. The fourth-order valence-electron chi connectivity index (χ4n) is 1.95. The van der Waals surface area contributed by atoms with E-state index < -0.39 is 4.92 Å². The van der Waals surface area contributed by atoms with E-state index >= 15 is 0 Å². The lowest BCUT2D eigenvalue weighted by Gasteiger charge is -2.18. The molecule has 1 amide bonds. The Balaban J connectivity index is 2.83. The summed E-state index contributed by atoms with van der Waals surface area (Å²) in [5.74, 6) is -0.0750. The van der Waals surface area contributed by atoms with E-state index in [1.807, 2.05) is 13.8 Å². The van der Waals surface area contributed by atoms with Crippen molar-refractivity contribution in [2.45, 2.75) is 20.4 Å². The van der Waals surface area contributed by atoms with Crippen molar-refractivity contribution in [1.29, 1.82) is 0 Å². The van der Waals surface area contributed by atoms with Crippen LogP contribution in [0, 0.1) is 10.1 Å². The number of likely N-dealkylation sites (N-methyl/N-ethyl adjacent to an activating group) is 1. The molecule has 0 saturated heterocycles. The van der Waals surface area contributed by atoms with Crippen LogP contribution in [0.15, 0.2) is 18.2 Å². The first-order valence-corrected chi connectivity index (χ1v) is 6.85. The third-order valence-corrected chi connectivity index (χ3v) is 3.07. The van der Waals surface area contributed by atoms with Crippen molar-refractivity contribution in [3.8, 4) is 5.75 Å². The summed E-state index contributed by atoms with van der Waals surface area (Å²) in [5.41, 5.74) is 0.654. The number of nitrogens with one attached hydrogen (secondary N) is 1. The summed E-state index contributed by atoms with van der Waals surface area (Å²) in [4.78, 5) is 24.0. The Morgan fingerprint density at radius 3 is 2.57 bits per heavy atom. The maximum Gasteiger partial charge on any atom is 0.311 e. The highest BCUT2D eigenvalue weighted by atomic mass is 16.6. The van der Waals surface area contributed by atoms with Gasteiger partial charge in [0.05, 0.1) is 4.92 Å². The van der Waals surface area contributed by atoms with Crippen molar-refractivity contribution < 1.29 is 14.5 Å². The second kappa shape index (κ2) is 8.21. The molecule has 0 spiro atoms. The third-order valence-electron chi connectivity index (χ3n) is 3.07. The summed E-state index contributed by atoms with van der Waals surface area (Å²) >= 11 is 0. The number of carbonyl (C=O) groups excluding carboxylic acids is 1. The molecule has 0 aromatic heterocycles. The van der Waals surface area contributed by atoms with Crippen LogP contribution in [0.1, 0.15) is 19.4 Å². The number of ether oxygens (including phenoxy) is 1. The van der Waals surface area contributed by atoms with E-state index in [-0.39, 0.29) is 24.0 Å². The van der Waals surface area contributed by atoms with Crippen LogP contribution < -0.4 is 10.1 Å². The molecular formula is C14H21N3O4. The molecule has 0 fully saturated rings. The zero-order valence-corrected chi connectivity index (χ0v) is 12.6. The highest BCUT2D eigenvalue weighted by Gasteiger charge is 2.18. The van der Waals surface area contributed by atoms with Crippen molar-refractivity contribution in [3.63, 3.8) is 0 Å². The van der Waals surface area contributed by atoms with Gasteiger partial charge >= 0.3 is 5.69 Å². The summed E-state index contributed by atoms with van der Waals surface area (Å²) in [7, 11) is 1.76. The monoisotopic (exact) mass is 295 g/mol. The Kier molecular flexibility index (Phi) is 6.61. The molecule has 0 bridgehead atoms. The molecule has 21 heavy (non-hydrogen) atoms. The minimum absolute atomic E-state index is 0.111. The number of nitrogens with zero attached hydrogens (tertiary/aromatic N) is 2. The van der Waals surface area contributed by atoms with Crippen LogP contribution in [0.25, 0.3) is 0 Å². The molecule has 0 aliphatic heterocycles. The Bertz CT molecular complexity index is 501. The van der Waals surface area contributed by atoms with Crippen LogP contribution in [0.2, 0.25) is 0 Å². The SMILES string of the molecule is CCN(CC)C(=O)COc1ccc(CNC)cc1[N+](=O)[O-]. The quantitative estimate of drug-likeness (QED) is 0.581. The fourth-order valence-corrected chi connectivity index (χ4v) is 1.95. The fraction of sp³-hybridized carbons (Fsp3) is 0.500. The lowest BCUT2D eigenvalue weighted by molar-refractivity contribution is -0.385. The van der Waals surface area contributed by atoms with E-state index in [9.17, 15) is 14.9 Å². The van der Waals surface area contributed by atoms with Crippen LogP contribution >= 0.6 is 0 Å². The number of amides is 1. The Hall–Kier alpha value is -2.15. The average Bonchev–Trinajstić information content (AvgIpc) is 2.47. The van der Waals surface area contributed by atoms with Crippen LogP contribution in [-0.4, -0.2) is 42.5 Å². The predicted molar refractivity (Wildman–Crippen MR) is 79.3 cm³/mol. The molecule has 0 atom stereocenters. The summed E-state index contributed by atoms with van der Waals surface area (Å²) in [6, 6.07) is 4.72. The highest BCUT2D eigenvalue weighted by molar-refractivity contribution is 5.77. The lowest BCUT2D eigenvalue weighted by atomic mass is 10.2. The number of rotatable bonds is 8. The molecule has 1 aromatic carbocycles. The molecular weight excluding hydrogens is 274 g/mol. The van der Waals surface area contributed by atoms with Crippen molar-refractivity contribution in [2.75, 3.05) is 26.7 Å². The molecule has 7 nitrogen and oxygen atoms in total. The van der Waals surface area contributed by atoms with Crippen LogP contribution in [-0.2, 0) is 11.3 Å². The number of hydrogen-bond donors (Lipinski definition) is 1. The van der Waals surface area contributed by atoms with Crippen LogP contribution in [0.3, 0.4) is 0 Å². The van der Waals surface area contributed by atoms with Gasteiger partial charge in [-0.25, -0.2) is 0 Å². The molecule has 0 radical (unpaired) electrons. The van der Waals surface area contributed by atoms with Gasteiger partial charge in [-0.2, -0.15) is 0 Å². The molecule has 7 heteroatoms. The molecule has 116 valence electrons. The van der Waals surface area contributed by atoms with Gasteiger partial charge in [-0.3, -0.25) is 14.9 Å². The minimum Gasteiger partial charge on any atom is -0.477 e. The zero-order valence-electron chi connectivity index (χ0n) is 12.6. The minimum atomic E-state index is -0.504. The molecule has 0 aliphatic rings. The van der Waals surface area contributed by atoms with Crippen molar-refractivity contribution in [3.05, 3.63) is 33.9 Å². The molecule has 0 heterocycles. The maximum absolute atomic E-state index is 11.9. The van der Waals surface area contributed by atoms with Gasteiger partial charge in [0.1, 0.15) is 0 Å². The van der Waals surface area contributed by atoms with Crippen molar-refractivity contribution >= 4 is 11.6 Å². The largest absolute Gasteiger partial charge is 0.477 e. The highest BCUT2D eigenvalue weighted by Crippen LogP contribution is 2.28. The van der Waals surface area contributed by atoms with Gasteiger partial charge in [-0.15, -0.1) is 0 Å². The molecule has 0 unspecified atom stereocenters. The standard InChI is InChI=1S/C14H21N3O4/c1-4-16(5-2)14(18)10-21-13-7-6-11(9-15-3)8-12(13)17(19)20/h6-8,15H,4-5,9-10H2,1-3H3. The van der Waals surface area contributed by atoms with Gasteiger partial charge in [-0.1, -0.05) is 6.07 Å². The summed E-state index contributed by atoms with van der Waals surface area (Å²) in [6.45, 7) is 5.24. The Morgan fingerprint density at radius 1 is 1.38 bits per heavy atom. The third kappa shape index (κ3) is 4.71. The number of carbonyl (C=O) groups is 1. The van der Waals surface area contributed by atoms with Crippen LogP contribution in [0.5, 0.6) is 5.75 Å². The Labute approximate surface area is 124 Å². The van der Waals surface area contributed by atoms with Crippen molar-refractivity contribution in [2.24, 2.45) is 0 Å². The van der Waals surface area contributed by atoms with Gasteiger partial charge in [0.25, 0.3) is 5.91 Å². The second-order valence-corrected chi connectivity index (χ2v) is 4.44. The first-order chi connectivity index (χ1) is 10.0. The maximum atomic E-state index is 11.9. The average molecular weight is 295 g/mol. The van der Waals surface area contributed by atoms with E-state index in [0.717, 1.165) is 5.56 Å². The second-order valence-electron chi connectivity index (χ2n) is 4.44. The number of nitro benzene ring substituents is 1. The number of hydrogen-bond acceptors (Lipinski definition) is 5. The first kappa shape index (κ1) is 16.9. The topological polar surface area (TPSA) is 84.7 Å². The lowest BCUT2D eigenvalue weighted by Crippen LogP contribution is -2.34. The van der Waals surface area contributed by atoms with E-state index in [1.165, 1.54) is 12.1 Å². The molecule has 1 rings (SSSR count).